The van der Waals surface area contributed by atoms with Gasteiger partial charge in [-0.15, -0.1) is 0 Å². The Hall–Kier alpha value is -1.36. The van der Waals surface area contributed by atoms with Crippen molar-refractivity contribution in [1.29, 1.82) is 0 Å². The van der Waals surface area contributed by atoms with Crippen LogP contribution in [0.5, 0.6) is 0 Å². The first kappa shape index (κ1) is 22.7. The smallest absolute Gasteiger partial charge is 0.269 e. The number of rotatable bonds is 13. The van der Waals surface area contributed by atoms with E-state index >= 15 is 0 Å². The van der Waals surface area contributed by atoms with Gasteiger partial charge in [0.2, 0.25) is 5.91 Å². The highest BCUT2D eigenvalue weighted by atomic mass is 79.9. The molecule has 0 aliphatic rings. The van der Waals surface area contributed by atoms with Crippen LogP contribution in [0.4, 0.5) is 0 Å². The standard InChI is InChI=1S/C21H33BrN2O2/c1-2-3-4-5-6-7-8-9-10-11-12-13-20(25)23-24-21(26)18-14-16-19(22)17-15-18/h14-17H,2-13H2,1H3,(H,23,25)(H,24,26). The van der Waals surface area contributed by atoms with Crippen LogP contribution in [-0.4, -0.2) is 11.8 Å². The minimum Gasteiger partial charge on any atom is -0.273 e. The SMILES string of the molecule is CCCCCCCCCCCCCC(=O)NNC(=O)c1ccc(Br)cc1. The summed E-state index contributed by atoms with van der Waals surface area (Å²) in [5, 5.41) is 0. The zero-order chi connectivity index (χ0) is 19.0. The van der Waals surface area contributed by atoms with Gasteiger partial charge in [-0.2, -0.15) is 0 Å². The van der Waals surface area contributed by atoms with Gasteiger partial charge in [0.25, 0.3) is 5.91 Å². The summed E-state index contributed by atoms with van der Waals surface area (Å²) in [6.45, 7) is 2.25. The summed E-state index contributed by atoms with van der Waals surface area (Å²) in [6.07, 6.45) is 14.3. The average Bonchev–Trinajstić information content (AvgIpc) is 2.64. The van der Waals surface area contributed by atoms with Crippen molar-refractivity contribution in [2.45, 2.75) is 84.0 Å². The van der Waals surface area contributed by atoms with Gasteiger partial charge < -0.3 is 0 Å². The van der Waals surface area contributed by atoms with Crippen molar-refractivity contribution >= 4 is 27.7 Å². The van der Waals surface area contributed by atoms with Crippen molar-refractivity contribution in [1.82, 2.24) is 10.9 Å². The number of amides is 2. The molecular weight excluding hydrogens is 392 g/mol. The molecule has 0 atom stereocenters. The molecule has 0 unspecified atom stereocenters. The van der Waals surface area contributed by atoms with Crippen LogP contribution in [0.3, 0.4) is 0 Å². The lowest BCUT2D eigenvalue weighted by atomic mass is 10.1. The zero-order valence-electron chi connectivity index (χ0n) is 16.0. The highest BCUT2D eigenvalue weighted by Crippen LogP contribution is 2.12. The van der Waals surface area contributed by atoms with E-state index in [2.05, 4.69) is 33.7 Å². The first-order valence-corrected chi connectivity index (χ1v) is 10.8. The Labute approximate surface area is 166 Å². The van der Waals surface area contributed by atoms with Gasteiger partial charge in [-0.05, 0) is 30.7 Å². The summed E-state index contributed by atoms with van der Waals surface area (Å²) in [5.41, 5.74) is 5.45. The first-order chi connectivity index (χ1) is 12.6. The van der Waals surface area contributed by atoms with Crippen molar-refractivity contribution < 1.29 is 9.59 Å². The Bertz CT molecular complexity index is 517. The molecule has 1 aromatic rings. The van der Waals surface area contributed by atoms with E-state index < -0.39 is 0 Å². The van der Waals surface area contributed by atoms with Gasteiger partial charge in [0.1, 0.15) is 0 Å². The number of unbranched alkanes of at least 4 members (excludes halogenated alkanes) is 10. The minimum atomic E-state index is -0.301. The fourth-order valence-electron chi connectivity index (χ4n) is 2.81. The van der Waals surface area contributed by atoms with Gasteiger partial charge in [-0.25, -0.2) is 0 Å². The quantitative estimate of drug-likeness (QED) is 0.305. The molecule has 0 radical (unpaired) electrons. The number of hydrogen-bond donors (Lipinski definition) is 2. The van der Waals surface area contributed by atoms with Crippen molar-refractivity contribution in [3.05, 3.63) is 34.3 Å². The van der Waals surface area contributed by atoms with Crippen LogP contribution in [0.2, 0.25) is 0 Å². The minimum absolute atomic E-state index is 0.133. The molecule has 0 fully saturated rings. The third kappa shape index (κ3) is 11.3. The molecule has 0 bridgehead atoms. The van der Waals surface area contributed by atoms with Crippen molar-refractivity contribution in [3.63, 3.8) is 0 Å². The molecule has 5 heteroatoms. The second-order valence-electron chi connectivity index (χ2n) is 6.79. The summed E-state index contributed by atoms with van der Waals surface area (Å²) in [4.78, 5) is 23.6. The van der Waals surface area contributed by atoms with Crippen molar-refractivity contribution in [2.75, 3.05) is 0 Å². The second-order valence-corrected chi connectivity index (χ2v) is 7.71. The van der Waals surface area contributed by atoms with E-state index in [9.17, 15) is 9.59 Å². The third-order valence-corrected chi connectivity index (χ3v) is 4.96. The van der Waals surface area contributed by atoms with E-state index in [1.165, 1.54) is 57.8 Å². The number of nitrogens with one attached hydrogen (secondary N) is 2. The molecule has 0 aliphatic carbocycles. The molecule has 146 valence electrons. The Balaban J connectivity index is 1.95. The summed E-state index contributed by atoms with van der Waals surface area (Å²) in [6, 6.07) is 6.99. The van der Waals surface area contributed by atoms with Gasteiger partial charge in [0, 0.05) is 16.5 Å². The maximum Gasteiger partial charge on any atom is 0.269 e. The van der Waals surface area contributed by atoms with Gasteiger partial charge in [-0.3, -0.25) is 20.4 Å². The monoisotopic (exact) mass is 424 g/mol. The number of benzene rings is 1. The molecule has 4 nitrogen and oxygen atoms in total. The summed E-state index contributed by atoms with van der Waals surface area (Å²) >= 11 is 3.32. The average molecular weight is 425 g/mol. The topological polar surface area (TPSA) is 58.2 Å². The van der Waals surface area contributed by atoms with Crippen LogP contribution in [-0.2, 0) is 4.79 Å². The molecular formula is C21H33BrN2O2. The maximum absolute atomic E-state index is 11.9. The van der Waals surface area contributed by atoms with Crippen molar-refractivity contribution in [3.8, 4) is 0 Å². The molecule has 2 N–H and O–H groups in total. The lowest BCUT2D eigenvalue weighted by Crippen LogP contribution is -2.41. The van der Waals surface area contributed by atoms with Crippen LogP contribution in [0, 0.1) is 0 Å². The van der Waals surface area contributed by atoms with Gasteiger partial charge in [0.15, 0.2) is 0 Å². The van der Waals surface area contributed by atoms with Crippen LogP contribution in [0.25, 0.3) is 0 Å². The predicted molar refractivity (Wildman–Crippen MR) is 111 cm³/mol. The number of halogens is 1. The largest absolute Gasteiger partial charge is 0.273 e. The normalized spacial score (nSPS) is 10.5. The van der Waals surface area contributed by atoms with Crippen LogP contribution in [0.15, 0.2) is 28.7 Å². The highest BCUT2D eigenvalue weighted by molar-refractivity contribution is 9.10. The number of carbonyl (C=O) groups is 2. The summed E-state index contributed by atoms with van der Waals surface area (Å²) in [7, 11) is 0. The molecule has 0 spiro atoms. The maximum atomic E-state index is 11.9. The summed E-state index contributed by atoms with van der Waals surface area (Å²) < 4.78 is 0.912. The molecule has 1 rings (SSSR count). The van der Waals surface area contributed by atoms with E-state index in [1.54, 1.807) is 24.3 Å². The van der Waals surface area contributed by atoms with Gasteiger partial charge >= 0.3 is 0 Å². The van der Waals surface area contributed by atoms with Crippen molar-refractivity contribution in [2.24, 2.45) is 0 Å². The molecule has 0 saturated heterocycles. The fraction of sp³-hybridized carbons (Fsp3) is 0.619. The van der Waals surface area contributed by atoms with E-state index in [4.69, 9.17) is 0 Å². The molecule has 0 aromatic heterocycles. The van der Waals surface area contributed by atoms with E-state index in [-0.39, 0.29) is 11.8 Å². The van der Waals surface area contributed by atoms with E-state index in [1.807, 2.05) is 0 Å². The van der Waals surface area contributed by atoms with Gasteiger partial charge in [0.05, 0.1) is 0 Å². The zero-order valence-corrected chi connectivity index (χ0v) is 17.6. The fourth-order valence-corrected chi connectivity index (χ4v) is 3.08. The van der Waals surface area contributed by atoms with E-state index in [0.29, 0.717) is 12.0 Å². The number of hydrazine groups is 1. The lowest BCUT2D eigenvalue weighted by molar-refractivity contribution is -0.122. The van der Waals surface area contributed by atoms with Crippen LogP contribution < -0.4 is 10.9 Å². The Morgan fingerprint density at radius 3 is 1.81 bits per heavy atom. The van der Waals surface area contributed by atoms with Crippen LogP contribution >= 0.6 is 15.9 Å². The Morgan fingerprint density at radius 2 is 1.27 bits per heavy atom. The molecule has 0 heterocycles. The first-order valence-electron chi connectivity index (χ1n) is 9.98. The highest BCUT2D eigenvalue weighted by Gasteiger charge is 2.07. The summed E-state index contributed by atoms with van der Waals surface area (Å²) in [5.74, 6) is -0.434. The Kier molecular flexibility index (Phi) is 12.9. The molecule has 0 saturated carbocycles. The lowest BCUT2D eigenvalue weighted by Gasteiger charge is -2.07. The molecule has 26 heavy (non-hydrogen) atoms. The third-order valence-electron chi connectivity index (χ3n) is 4.43. The van der Waals surface area contributed by atoms with Gasteiger partial charge in [-0.1, -0.05) is 87.1 Å². The second kappa shape index (κ2) is 14.8. The van der Waals surface area contributed by atoms with E-state index in [0.717, 1.165) is 17.3 Å². The number of carbonyl (C=O) groups excluding carboxylic acids is 2. The van der Waals surface area contributed by atoms with Crippen LogP contribution in [0.1, 0.15) is 94.3 Å². The predicted octanol–water partition coefficient (Wildman–Crippen LogP) is 5.91. The molecule has 1 aromatic carbocycles. The molecule has 0 aliphatic heterocycles. The number of hydrogen-bond acceptors (Lipinski definition) is 2. The Morgan fingerprint density at radius 1 is 0.769 bits per heavy atom. The molecule has 2 amide bonds.